The first-order chi connectivity index (χ1) is 17.7. The zero-order valence-corrected chi connectivity index (χ0v) is 19.7. The van der Waals surface area contributed by atoms with Crippen molar-refractivity contribution < 1.29 is 42.4 Å². The number of carbonyl (C=O) groups excluding carboxylic acids is 1. The maximum absolute atomic E-state index is 12.3. The third kappa shape index (κ3) is 8.36. The van der Waals surface area contributed by atoms with E-state index in [2.05, 4.69) is 15.0 Å². The molecular formula is C21H23F3N6O8. The molecule has 1 aliphatic heterocycles. The molecule has 1 saturated heterocycles. The van der Waals surface area contributed by atoms with Crippen LogP contribution in [-0.2, 0) is 25.5 Å². The molecule has 5 N–H and O–H groups in total. The fourth-order valence-corrected chi connectivity index (χ4v) is 3.26. The van der Waals surface area contributed by atoms with Crippen molar-refractivity contribution in [3.63, 3.8) is 0 Å². The summed E-state index contributed by atoms with van der Waals surface area (Å²) in [5, 5.41) is 20.1. The molecule has 1 aliphatic rings. The van der Waals surface area contributed by atoms with Gasteiger partial charge in [-0.2, -0.15) is 13.2 Å². The standard InChI is InChI=1S/C19H22N6O6.C2HF3O2/c1-10-8-25(19(29)22-17(10)27)16-7-14(23-24-21)15(31-16)9-30-18(28)13(20)6-11-2-4-12(26)5-3-11;3-2(4,5)1(6)7/h2-5,8,13-16,26H,6-7,9,20H2,1H3,(H,22,27,29);(H,6,7)/t13?,14?,15-,16-;/m1./s1. The Morgan fingerprint density at radius 3 is 2.50 bits per heavy atom. The van der Waals surface area contributed by atoms with Gasteiger partial charge in [-0.3, -0.25) is 19.1 Å². The first kappa shape index (κ1) is 29.9. The Hall–Kier alpha value is -4.34. The number of azide groups is 1. The summed E-state index contributed by atoms with van der Waals surface area (Å²) in [5.74, 6) is -3.32. The van der Waals surface area contributed by atoms with Crippen LogP contribution < -0.4 is 17.0 Å². The van der Waals surface area contributed by atoms with E-state index in [0.29, 0.717) is 5.56 Å². The second-order valence-corrected chi connectivity index (χ2v) is 8.03. The van der Waals surface area contributed by atoms with Crippen LogP contribution in [0, 0.1) is 6.92 Å². The Balaban J connectivity index is 0.000000638. The zero-order chi connectivity index (χ0) is 28.6. The highest BCUT2D eigenvalue weighted by molar-refractivity contribution is 5.76. The van der Waals surface area contributed by atoms with Crippen LogP contribution in [-0.4, -0.2) is 62.7 Å². The van der Waals surface area contributed by atoms with E-state index in [9.17, 15) is 32.7 Å². The Kier molecular flexibility index (Phi) is 10.0. The summed E-state index contributed by atoms with van der Waals surface area (Å²) >= 11 is 0. The van der Waals surface area contributed by atoms with E-state index < -0.39 is 53.8 Å². The fraction of sp³-hybridized carbons (Fsp3) is 0.429. The van der Waals surface area contributed by atoms with E-state index in [4.69, 9.17) is 30.6 Å². The molecule has 206 valence electrons. The molecule has 1 fully saturated rings. The number of nitrogens with one attached hydrogen (secondary N) is 1. The number of alkyl halides is 3. The molecular weight excluding hydrogens is 521 g/mol. The number of phenols is 1. The van der Waals surface area contributed by atoms with Crippen molar-refractivity contribution in [1.82, 2.24) is 9.55 Å². The molecule has 0 bridgehead atoms. The molecule has 0 amide bonds. The summed E-state index contributed by atoms with van der Waals surface area (Å²) in [6.07, 6.45) is -4.94. The van der Waals surface area contributed by atoms with E-state index in [1.54, 1.807) is 19.1 Å². The van der Waals surface area contributed by atoms with Crippen molar-refractivity contribution >= 4 is 11.9 Å². The molecule has 0 aliphatic carbocycles. The van der Waals surface area contributed by atoms with E-state index in [0.717, 1.165) is 5.56 Å². The minimum atomic E-state index is -5.08. The van der Waals surface area contributed by atoms with Crippen LogP contribution in [0.15, 0.2) is 45.2 Å². The van der Waals surface area contributed by atoms with E-state index in [-0.39, 0.29) is 25.2 Å². The molecule has 0 radical (unpaired) electrons. The van der Waals surface area contributed by atoms with E-state index in [1.165, 1.54) is 22.9 Å². The number of nitrogens with two attached hydrogens (primary N) is 1. The average molecular weight is 544 g/mol. The van der Waals surface area contributed by atoms with Gasteiger partial charge < -0.3 is 25.4 Å². The van der Waals surface area contributed by atoms with Crippen molar-refractivity contribution in [2.24, 2.45) is 10.8 Å². The number of aromatic nitrogens is 2. The number of esters is 1. The topological polar surface area (TPSA) is 223 Å². The number of aromatic amines is 1. The molecule has 1 aromatic heterocycles. The number of aryl methyl sites for hydroxylation is 1. The van der Waals surface area contributed by atoms with Crippen molar-refractivity contribution in [3.8, 4) is 5.75 Å². The lowest BCUT2D eigenvalue weighted by Gasteiger charge is -2.18. The minimum Gasteiger partial charge on any atom is -0.508 e. The smallest absolute Gasteiger partial charge is 0.490 e. The molecule has 38 heavy (non-hydrogen) atoms. The molecule has 0 spiro atoms. The summed E-state index contributed by atoms with van der Waals surface area (Å²) in [5.41, 5.74) is 14.6. The molecule has 2 aromatic rings. The first-order valence-corrected chi connectivity index (χ1v) is 10.7. The summed E-state index contributed by atoms with van der Waals surface area (Å²) in [6.45, 7) is 1.32. The Morgan fingerprint density at radius 1 is 1.34 bits per heavy atom. The van der Waals surface area contributed by atoms with Crippen LogP contribution in [0.3, 0.4) is 0 Å². The molecule has 3 rings (SSSR count). The Morgan fingerprint density at radius 2 is 1.95 bits per heavy atom. The number of nitrogens with zero attached hydrogens (tertiary/aromatic N) is 4. The van der Waals surface area contributed by atoms with Crippen LogP contribution in [0.5, 0.6) is 5.75 Å². The number of carboxylic acids is 1. The van der Waals surface area contributed by atoms with Crippen LogP contribution in [0.1, 0.15) is 23.8 Å². The summed E-state index contributed by atoms with van der Waals surface area (Å²) < 4.78 is 44.0. The number of rotatable bonds is 7. The van der Waals surface area contributed by atoms with Crippen LogP contribution in [0.2, 0.25) is 0 Å². The predicted molar refractivity (Wildman–Crippen MR) is 122 cm³/mol. The third-order valence-electron chi connectivity index (χ3n) is 5.19. The van der Waals surface area contributed by atoms with Crippen LogP contribution in [0.25, 0.3) is 10.4 Å². The summed E-state index contributed by atoms with van der Waals surface area (Å²) in [7, 11) is 0. The van der Waals surface area contributed by atoms with Crippen molar-refractivity contribution in [2.75, 3.05) is 6.61 Å². The van der Waals surface area contributed by atoms with Gasteiger partial charge in [-0.15, -0.1) is 0 Å². The maximum Gasteiger partial charge on any atom is 0.490 e. The zero-order valence-electron chi connectivity index (χ0n) is 19.7. The molecule has 2 unspecified atom stereocenters. The van der Waals surface area contributed by atoms with Crippen molar-refractivity contribution in [1.29, 1.82) is 0 Å². The average Bonchev–Trinajstić information content (AvgIpc) is 3.23. The van der Waals surface area contributed by atoms with Gasteiger partial charge in [0.25, 0.3) is 5.56 Å². The molecule has 17 heteroatoms. The fourth-order valence-electron chi connectivity index (χ4n) is 3.26. The van der Waals surface area contributed by atoms with Gasteiger partial charge in [0.2, 0.25) is 0 Å². The highest BCUT2D eigenvalue weighted by Gasteiger charge is 2.38. The SMILES string of the molecule is Cc1cn([C@H]2CC(N=[N+]=[N-])[C@@H](COC(=O)C(N)Cc3ccc(O)cc3)O2)c(=O)[nH]c1=O.O=C(O)C(F)(F)F. The monoisotopic (exact) mass is 544 g/mol. The molecule has 1 aromatic carbocycles. The van der Waals surface area contributed by atoms with Crippen molar-refractivity contribution in [2.45, 2.75) is 50.4 Å². The van der Waals surface area contributed by atoms with Gasteiger partial charge in [0.1, 0.15) is 30.7 Å². The Bertz CT molecular complexity index is 1300. The molecule has 0 saturated carbocycles. The highest BCUT2D eigenvalue weighted by atomic mass is 19.4. The van der Waals surface area contributed by atoms with E-state index in [1.807, 2.05) is 0 Å². The number of hydrogen-bond acceptors (Lipinski definition) is 9. The molecule has 14 nitrogen and oxygen atoms in total. The van der Waals surface area contributed by atoms with Crippen molar-refractivity contribution in [3.05, 3.63) is 72.9 Å². The van der Waals surface area contributed by atoms with Crippen LogP contribution in [0.4, 0.5) is 13.2 Å². The highest BCUT2D eigenvalue weighted by Crippen LogP contribution is 2.30. The second kappa shape index (κ2) is 12.8. The maximum atomic E-state index is 12.3. The number of hydrogen-bond donors (Lipinski definition) is 4. The van der Waals surface area contributed by atoms with Gasteiger partial charge in [0.15, 0.2) is 0 Å². The van der Waals surface area contributed by atoms with Gasteiger partial charge in [0.05, 0.1) is 6.04 Å². The third-order valence-corrected chi connectivity index (χ3v) is 5.19. The largest absolute Gasteiger partial charge is 0.508 e. The number of phenolic OH excluding ortho intramolecular Hbond substituents is 1. The summed E-state index contributed by atoms with van der Waals surface area (Å²) in [4.78, 5) is 49.8. The summed E-state index contributed by atoms with van der Waals surface area (Å²) in [6, 6.07) is 4.65. The van der Waals surface area contributed by atoms with Gasteiger partial charge >= 0.3 is 23.8 Å². The lowest BCUT2D eigenvalue weighted by molar-refractivity contribution is -0.192. The quantitative estimate of drug-likeness (QED) is 0.170. The second-order valence-electron chi connectivity index (χ2n) is 8.03. The van der Waals surface area contributed by atoms with E-state index >= 15 is 0 Å². The number of halogens is 3. The number of carbonyl (C=O) groups is 2. The molecule has 2 heterocycles. The van der Waals surface area contributed by atoms with Gasteiger partial charge in [-0.1, -0.05) is 17.2 Å². The van der Waals surface area contributed by atoms with Gasteiger partial charge in [-0.25, -0.2) is 9.59 Å². The number of carboxylic acid groups (broad SMARTS) is 1. The number of aliphatic carboxylic acids is 1. The number of benzene rings is 1. The predicted octanol–water partition coefficient (Wildman–Crippen LogP) is 1.26. The lowest BCUT2D eigenvalue weighted by Crippen LogP contribution is -2.37. The van der Waals surface area contributed by atoms with Crippen LogP contribution >= 0.6 is 0 Å². The minimum absolute atomic E-state index is 0.105. The number of aromatic hydroxyl groups is 1. The number of ether oxygens (including phenoxy) is 2. The lowest BCUT2D eigenvalue weighted by atomic mass is 10.1. The Labute approximate surface area is 211 Å². The number of H-pyrrole nitrogens is 1. The normalized spacial score (nSPS) is 19.4. The van der Waals surface area contributed by atoms with Gasteiger partial charge in [0, 0.05) is 23.1 Å². The molecule has 4 atom stereocenters. The van der Waals surface area contributed by atoms with Gasteiger partial charge in [-0.05, 0) is 36.6 Å². The first-order valence-electron chi connectivity index (χ1n) is 10.7.